The molecule has 0 spiro atoms. The largest absolute Gasteiger partial charge is 0.506 e. The molecule has 0 fully saturated rings. The first-order valence-corrected chi connectivity index (χ1v) is 3.09. The molecule has 0 radical (unpaired) electrons. The third-order valence-electron chi connectivity index (χ3n) is 1.11. The predicted octanol–water partition coefficient (Wildman–Crippen LogP) is 0.999. The molecule has 1 aromatic rings. The normalized spacial score (nSPS) is 10.2. The predicted molar refractivity (Wildman–Crippen MR) is 41.0 cm³/mol. The highest BCUT2D eigenvalue weighted by Crippen LogP contribution is 2.08. The first kappa shape index (κ1) is 7.47. The van der Waals surface area contributed by atoms with Gasteiger partial charge in [0.1, 0.15) is 12.0 Å². The molecule has 3 nitrogen and oxygen atoms in total. The van der Waals surface area contributed by atoms with Gasteiger partial charge in [-0.15, -0.1) is 0 Å². The lowest BCUT2D eigenvalue weighted by atomic mass is 10.2. The summed E-state index contributed by atoms with van der Waals surface area (Å²) in [5.41, 5.74) is 0.706. The van der Waals surface area contributed by atoms with Crippen LogP contribution in [0.1, 0.15) is 5.56 Å². The number of hydrogen-bond donors (Lipinski definition) is 1. The molecule has 1 rings (SSSR count). The third kappa shape index (κ3) is 2.21. The molecule has 0 saturated heterocycles. The lowest BCUT2D eigenvalue weighted by Crippen LogP contribution is -1.75. The van der Waals surface area contributed by atoms with Crippen LogP contribution >= 0.6 is 0 Å². The van der Waals surface area contributed by atoms with Gasteiger partial charge in [0.05, 0.1) is 6.20 Å². The van der Waals surface area contributed by atoms with Crippen LogP contribution in [-0.2, 0) is 4.79 Å². The first-order chi connectivity index (χ1) is 5.33. The van der Waals surface area contributed by atoms with Crippen LogP contribution in [0.2, 0.25) is 0 Å². The standard InChI is InChI=1S/C8H7NO2/c10-3-1-2-7-4-8(11)6-9-5-7/h1-6,11H. The lowest BCUT2D eigenvalue weighted by Gasteiger charge is -1.91. The summed E-state index contributed by atoms with van der Waals surface area (Å²) in [6.07, 6.45) is 6.47. The molecule has 0 amide bonds. The average Bonchev–Trinajstić information content (AvgIpc) is 2.01. The second-order valence-electron chi connectivity index (χ2n) is 1.97. The maximum Gasteiger partial charge on any atom is 0.142 e. The summed E-state index contributed by atoms with van der Waals surface area (Å²) in [5.74, 6) is 0.0954. The number of aromatic nitrogens is 1. The van der Waals surface area contributed by atoms with Crippen molar-refractivity contribution in [1.29, 1.82) is 0 Å². The van der Waals surface area contributed by atoms with E-state index < -0.39 is 0 Å². The van der Waals surface area contributed by atoms with Crippen LogP contribution in [0.15, 0.2) is 24.5 Å². The monoisotopic (exact) mass is 149 g/mol. The minimum atomic E-state index is 0.0954. The number of carbonyl (C=O) groups excluding carboxylic acids is 1. The van der Waals surface area contributed by atoms with Crippen molar-refractivity contribution in [2.24, 2.45) is 0 Å². The van der Waals surface area contributed by atoms with Crippen LogP contribution in [0.4, 0.5) is 0 Å². The number of carbonyl (C=O) groups is 1. The second kappa shape index (κ2) is 3.51. The fourth-order valence-electron chi connectivity index (χ4n) is 0.687. The van der Waals surface area contributed by atoms with Crippen molar-refractivity contribution in [1.82, 2.24) is 4.98 Å². The average molecular weight is 149 g/mol. The van der Waals surface area contributed by atoms with Crippen molar-refractivity contribution >= 4 is 12.4 Å². The van der Waals surface area contributed by atoms with Gasteiger partial charge < -0.3 is 5.11 Å². The zero-order chi connectivity index (χ0) is 8.10. The smallest absolute Gasteiger partial charge is 0.142 e. The van der Waals surface area contributed by atoms with Gasteiger partial charge in [-0.2, -0.15) is 0 Å². The van der Waals surface area contributed by atoms with Crippen LogP contribution in [0.3, 0.4) is 0 Å². The lowest BCUT2D eigenvalue weighted by molar-refractivity contribution is -0.104. The Hall–Kier alpha value is -1.64. The SMILES string of the molecule is O=CC=Cc1cncc(O)c1. The van der Waals surface area contributed by atoms with Gasteiger partial charge >= 0.3 is 0 Å². The summed E-state index contributed by atoms with van der Waals surface area (Å²) >= 11 is 0. The van der Waals surface area contributed by atoms with Gasteiger partial charge in [-0.1, -0.05) is 6.08 Å². The number of rotatable bonds is 2. The van der Waals surface area contributed by atoms with Crippen LogP contribution < -0.4 is 0 Å². The third-order valence-corrected chi connectivity index (χ3v) is 1.11. The van der Waals surface area contributed by atoms with E-state index in [4.69, 9.17) is 5.11 Å². The topological polar surface area (TPSA) is 50.2 Å². The molecular weight excluding hydrogens is 142 g/mol. The summed E-state index contributed by atoms with van der Waals surface area (Å²) in [5, 5.41) is 8.93. The van der Waals surface area contributed by atoms with Crippen LogP contribution in [0, 0.1) is 0 Å². The van der Waals surface area contributed by atoms with Gasteiger partial charge in [-0.25, -0.2) is 0 Å². The summed E-state index contributed by atoms with van der Waals surface area (Å²) in [7, 11) is 0. The maximum atomic E-state index is 9.89. The van der Waals surface area contributed by atoms with Crippen molar-refractivity contribution < 1.29 is 9.90 Å². The molecule has 0 saturated carbocycles. The van der Waals surface area contributed by atoms with Crippen molar-refractivity contribution in [3.8, 4) is 5.75 Å². The minimum Gasteiger partial charge on any atom is -0.506 e. The number of aldehydes is 1. The molecular formula is C8H7NO2. The fraction of sp³-hybridized carbons (Fsp3) is 0. The molecule has 3 heteroatoms. The molecule has 1 N–H and O–H groups in total. The van der Waals surface area contributed by atoms with Crippen LogP contribution in [0.5, 0.6) is 5.75 Å². The van der Waals surface area contributed by atoms with Gasteiger partial charge in [0.2, 0.25) is 0 Å². The van der Waals surface area contributed by atoms with Crippen molar-refractivity contribution in [2.75, 3.05) is 0 Å². The molecule has 1 aromatic heterocycles. The Labute approximate surface area is 64.0 Å². The minimum absolute atomic E-state index is 0.0954. The number of pyridine rings is 1. The highest BCUT2D eigenvalue weighted by Gasteiger charge is 1.88. The zero-order valence-electron chi connectivity index (χ0n) is 5.77. The van der Waals surface area contributed by atoms with E-state index in [0.29, 0.717) is 11.8 Å². The van der Waals surface area contributed by atoms with Crippen molar-refractivity contribution in [3.63, 3.8) is 0 Å². The number of aromatic hydroxyl groups is 1. The molecule has 0 aliphatic carbocycles. The first-order valence-electron chi connectivity index (χ1n) is 3.09. The molecule has 0 aliphatic rings. The van der Waals surface area contributed by atoms with E-state index in [-0.39, 0.29) is 5.75 Å². The van der Waals surface area contributed by atoms with E-state index in [9.17, 15) is 4.79 Å². The molecule has 0 aromatic carbocycles. The molecule has 1 heterocycles. The number of allylic oxidation sites excluding steroid dienone is 1. The van der Waals surface area contributed by atoms with Gasteiger partial charge in [0.15, 0.2) is 0 Å². The van der Waals surface area contributed by atoms with E-state index in [2.05, 4.69) is 4.98 Å². The van der Waals surface area contributed by atoms with Crippen LogP contribution in [-0.4, -0.2) is 16.4 Å². The Morgan fingerprint density at radius 2 is 2.27 bits per heavy atom. The van der Waals surface area contributed by atoms with E-state index >= 15 is 0 Å². The quantitative estimate of drug-likeness (QED) is 0.504. The molecule has 0 aliphatic heterocycles. The highest BCUT2D eigenvalue weighted by atomic mass is 16.3. The Kier molecular flexibility index (Phi) is 2.38. The zero-order valence-corrected chi connectivity index (χ0v) is 5.77. The number of nitrogens with zero attached hydrogens (tertiary/aromatic N) is 1. The van der Waals surface area contributed by atoms with E-state index in [1.165, 1.54) is 18.3 Å². The maximum absolute atomic E-state index is 9.89. The molecule has 56 valence electrons. The summed E-state index contributed by atoms with van der Waals surface area (Å²) in [4.78, 5) is 13.6. The summed E-state index contributed by atoms with van der Waals surface area (Å²) in [6, 6.07) is 1.52. The summed E-state index contributed by atoms with van der Waals surface area (Å²) in [6.45, 7) is 0. The van der Waals surface area contributed by atoms with Crippen molar-refractivity contribution in [3.05, 3.63) is 30.1 Å². The molecule has 0 atom stereocenters. The molecule has 0 bridgehead atoms. The van der Waals surface area contributed by atoms with Gasteiger partial charge in [0, 0.05) is 6.20 Å². The Balaban J connectivity index is 2.87. The second-order valence-corrected chi connectivity index (χ2v) is 1.97. The number of hydrogen-bond acceptors (Lipinski definition) is 3. The highest BCUT2D eigenvalue weighted by molar-refractivity contribution is 5.73. The Bertz CT molecular complexity index is 281. The summed E-state index contributed by atoms with van der Waals surface area (Å²) < 4.78 is 0. The fourth-order valence-corrected chi connectivity index (χ4v) is 0.687. The van der Waals surface area contributed by atoms with E-state index in [0.717, 1.165) is 0 Å². The Morgan fingerprint density at radius 3 is 2.91 bits per heavy atom. The van der Waals surface area contributed by atoms with Gasteiger partial charge in [0.25, 0.3) is 0 Å². The molecule has 0 unspecified atom stereocenters. The van der Waals surface area contributed by atoms with E-state index in [1.807, 2.05) is 0 Å². The van der Waals surface area contributed by atoms with Crippen molar-refractivity contribution in [2.45, 2.75) is 0 Å². The molecule has 11 heavy (non-hydrogen) atoms. The van der Waals surface area contributed by atoms with Gasteiger partial charge in [-0.3, -0.25) is 9.78 Å². The van der Waals surface area contributed by atoms with Gasteiger partial charge in [-0.05, 0) is 17.7 Å². The Morgan fingerprint density at radius 1 is 1.45 bits per heavy atom. The van der Waals surface area contributed by atoms with Crippen LogP contribution in [0.25, 0.3) is 6.08 Å². The van der Waals surface area contributed by atoms with E-state index in [1.54, 1.807) is 12.3 Å².